The third-order valence-corrected chi connectivity index (χ3v) is 3.33. The summed E-state index contributed by atoms with van der Waals surface area (Å²) in [6.07, 6.45) is 0.940. The molecule has 0 aliphatic rings. The normalized spacial score (nSPS) is 13.6. The van der Waals surface area contributed by atoms with Crippen LogP contribution in [0.3, 0.4) is 0 Å². The summed E-state index contributed by atoms with van der Waals surface area (Å²) in [4.78, 5) is 22.5. The average molecular weight is 284 g/mol. The van der Waals surface area contributed by atoms with Gasteiger partial charge in [-0.3, -0.25) is 9.59 Å². The number of aliphatic carboxylic acids is 1. The predicted molar refractivity (Wildman–Crippen MR) is 74.2 cm³/mol. The highest BCUT2D eigenvalue weighted by Crippen LogP contribution is 2.11. The highest BCUT2D eigenvalue weighted by molar-refractivity contribution is 6.30. The number of benzene rings is 1. The van der Waals surface area contributed by atoms with Crippen LogP contribution in [-0.2, 0) is 16.0 Å². The van der Waals surface area contributed by atoms with E-state index < -0.39 is 11.9 Å². The fraction of sp³-hybridized carbons (Fsp3) is 0.429. The fourth-order valence-electron chi connectivity index (χ4n) is 1.57. The van der Waals surface area contributed by atoms with E-state index in [1.54, 1.807) is 26.0 Å². The number of hydrogen-bond acceptors (Lipinski definition) is 2. The monoisotopic (exact) mass is 283 g/mol. The van der Waals surface area contributed by atoms with Crippen molar-refractivity contribution >= 4 is 23.5 Å². The first-order valence-corrected chi connectivity index (χ1v) is 6.54. The molecule has 0 aliphatic carbocycles. The van der Waals surface area contributed by atoms with E-state index in [9.17, 15) is 9.59 Å². The van der Waals surface area contributed by atoms with Crippen LogP contribution in [0.5, 0.6) is 0 Å². The van der Waals surface area contributed by atoms with Gasteiger partial charge in [0.1, 0.15) is 0 Å². The average Bonchev–Trinajstić information content (AvgIpc) is 2.37. The first kappa shape index (κ1) is 15.5. The SMILES string of the molecule is CC(NC(=O)CCc1ccc(Cl)cc1)C(C)C(=O)O. The van der Waals surface area contributed by atoms with Crippen molar-refractivity contribution in [3.63, 3.8) is 0 Å². The van der Waals surface area contributed by atoms with Crippen LogP contribution in [0.2, 0.25) is 5.02 Å². The Bertz CT molecular complexity index is 445. The van der Waals surface area contributed by atoms with Gasteiger partial charge in [0.25, 0.3) is 0 Å². The molecule has 1 amide bonds. The maximum Gasteiger partial charge on any atom is 0.308 e. The highest BCUT2D eigenvalue weighted by Gasteiger charge is 2.20. The van der Waals surface area contributed by atoms with E-state index >= 15 is 0 Å². The van der Waals surface area contributed by atoms with Crippen LogP contribution in [0.4, 0.5) is 0 Å². The van der Waals surface area contributed by atoms with Gasteiger partial charge in [-0.25, -0.2) is 0 Å². The second-order valence-corrected chi connectivity index (χ2v) is 5.05. The number of rotatable bonds is 6. The van der Waals surface area contributed by atoms with Crippen LogP contribution in [0.25, 0.3) is 0 Å². The van der Waals surface area contributed by atoms with Crippen molar-refractivity contribution in [2.24, 2.45) is 5.92 Å². The van der Waals surface area contributed by atoms with Crippen LogP contribution < -0.4 is 5.32 Å². The van der Waals surface area contributed by atoms with Crippen LogP contribution >= 0.6 is 11.6 Å². The molecule has 2 N–H and O–H groups in total. The lowest BCUT2D eigenvalue weighted by molar-refractivity contribution is -0.142. The van der Waals surface area contributed by atoms with Crippen molar-refractivity contribution in [1.29, 1.82) is 0 Å². The van der Waals surface area contributed by atoms with Crippen LogP contribution in [0, 0.1) is 5.92 Å². The van der Waals surface area contributed by atoms with Gasteiger partial charge in [0.15, 0.2) is 0 Å². The number of hydrogen-bond donors (Lipinski definition) is 2. The number of carbonyl (C=O) groups excluding carboxylic acids is 1. The second kappa shape index (κ2) is 7.14. The minimum absolute atomic E-state index is 0.143. The molecule has 0 fully saturated rings. The molecule has 104 valence electrons. The second-order valence-electron chi connectivity index (χ2n) is 4.61. The van der Waals surface area contributed by atoms with E-state index in [0.29, 0.717) is 17.9 Å². The minimum atomic E-state index is -0.912. The van der Waals surface area contributed by atoms with E-state index in [1.165, 1.54) is 0 Å². The summed E-state index contributed by atoms with van der Waals surface area (Å²) in [5, 5.41) is 12.2. The summed E-state index contributed by atoms with van der Waals surface area (Å²) in [5.41, 5.74) is 1.03. The largest absolute Gasteiger partial charge is 0.481 e. The Kier molecular flexibility index (Phi) is 5.83. The molecule has 0 saturated carbocycles. The molecule has 1 aromatic carbocycles. The summed E-state index contributed by atoms with van der Waals surface area (Å²) in [7, 11) is 0. The van der Waals surface area contributed by atoms with Gasteiger partial charge in [-0.2, -0.15) is 0 Å². The molecule has 0 bridgehead atoms. The fourth-order valence-corrected chi connectivity index (χ4v) is 1.70. The Morgan fingerprint density at radius 1 is 1.26 bits per heavy atom. The summed E-state index contributed by atoms with van der Waals surface area (Å²) < 4.78 is 0. The van der Waals surface area contributed by atoms with Gasteiger partial charge in [-0.05, 0) is 38.0 Å². The summed E-state index contributed by atoms with van der Waals surface area (Å²) in [5.74, 6) is -1.65. The van der Waals surface area contributed by atoms with E-state index in [0.717, 1.165) is 5.56 Å². The van der Waals surface area contributed by atoms with Crippen molar-refractivity contribution in [2.75, 3.05) is 0 Å². The van der Waals surface area contributed by atoms with Gasteiger partial charge >= 0.3 is 5.97 Å². The Labute approximate surface area is 117 Å². The van der Waals surface area contributed by atoms with Crippen LogP contribution in [0.1, 0.15) is 25.8 Å². The van der Waals surface area contributed by atoms with Gasteiger partial charge in [-0.1, -0.05) is 23.7 Å². The lowest BCUT2D eigenvalue weighted by Gasteiger charge is -2.17. The van der Waals surface area contributed by atoms with Gasteiger partial charge < -0.3 is 10.4 Å². The minimum Gasteiger partial charge on any atom is -0.481 e. The standard InChI is InChI=1S/C14H18ClNO3/c1-9(14(18)19)10(2)16-13(17)8-5-11-3-6-12(15)7-4-11/h3-4,6-7,9-10H,5,8H2,1-2H3,(H,16,17)(H,18,19). The number of nitrogens with one attached hydrogen (secondary N) is 1. The van der Waals surface area contributed by atoms with E-state index in [1.807, 2.05) is 12.1 Å². The molecular formula is C14H18ClNO3. The van der Waals surface area contributed by atoms with Crippen molar-refractivity contribution < 1.29 is 14.7 Å². The van der Waals surface area contributed by atoms with Crippen LogP contribution in [-0.4, -0.2) is 23.0 Å². The van der Waals surface area contributed by atoms with E-state index in [4.69, 9.17) is 16.7 Å². The number of carboxylic acid groups (broad SMARTS) is 1. The Morgan fingerprint density at radius 2 is 1.84 bits per heavy atom. The summed E-state index contributed by atoms with van der Waals surface area (Å²) in [6, 6.07) is 6.93. The third kappa shape index (κ3) is 5.30. The smallest absolute Gasteiger partial charge is 0.308 e. The topological polar surface area (TPSA) is 66.4 Å². The van der Waals surface area contributed by atoms with Crippen molar-refractivity contribution in [2.45, 2.75) is 32.7 Å². The van der Waals surface area contributed by atoms with Gasteiger partial charge in [0.05, 0.1) is 5.92 Å². The quantitative estimate of drug-likeness (QED) is 0.843. The Balaban J connectivity index is 2.39. The van der Waals surface area contributed by atoms with E-state index in [-0.39, 0.29) is 11.9 Å². The zero-order chi connectivity index (χ0) is 14.4. The highest BCUT2D eigenvalue weighted by atomic mass is 35.5. The maximum atomic E-state index is 11.7. The van der Waals surface area contributed by atoms with Crippen molar-refractivity contribution in [3.05, 3.63) is 34.9 Å². The molecule has 0 aromatic heterocycles. The van der Waals surface area contributed by atoms with Gasteiger partial charge in [0, 0.05) is 17.5 Å². The molecule has 0 aliphatic heterocycles. The lowest BCUT2D eigenvalue weighted by Crippen LogP contribution is -2.40. The Hall–Kier alpha value is -1.55. The molecular weight excluding hydrogens is 266 g/mol. The number of halogens is 1. The number of carboxylic acids is 1. The molecule has 4 nitrogen and oxygen atoms in total. The summed E-state index contributed by atoms with van der Waals surface area (Å²) >= 11 is 5.77. The number of aryl methyl sites for hydroxylation is 1. The molecule has 0 radical (unpaired) electrons. The predicted octanol–water partition coefficient (Wildman–Crippen LogP) is 2.50. The maximum absolute atomic E-state index is 11.7. The van der Waals surface area contributed by atoms with E-state index in [2.05, 4.69) is 5.32 Å². The molecule has 0 spiro atoms. The van der Waals surface area contributed by atoms with Crippen LogP contribution in [0.15, 0.2) is 24.3 Å². The van der Waals surface area contributed by atoms with Gasteiger partial charge in [-0.15, -0.1) is 0 Å². The first-order valence-electron chi connectivity index (χ1n) is 6.16. The zero-order valence-corrected chi connectivity index (χ0v) is 11.8. The first-order chi connectivity index (χ1) is 8.90. The van der Waals surface area contributed by atoms with Gasteiger partial charge in [0.2, 0.25) is 5.91 Å². The van der Waals surface area contributed by atoms with Crippen molar-refractivity contribution in [3.8, 4) is 0 Å². The lowest BCUT2D eigenvalue weighted by atomic mass is 10.0. The summed E-state index contributed by atoms with van der Waals surface area (Å²) in [6.45, 7) is 3.27. The molecule has 0 saturated heterocycles. The molecule has 1 rings (SSSR count). The molecule has 19 heavy (non-hydrogen) atoms. The molecule has 1 aromatic rings. The Morgan fingerprint density at radius 3 is 2.37 bits per heavy atom. The molecule has 2 unspecified atom stereocenters. The van der Waals surface area contributed by atoms with Crippen molar-refractivity contribution in [1.82, 2.24) is 5.32 Å². The number of amides is 1. The molecule has 5 heteroatoms. The number of carbonyl (C=O) groups is 2. The zero-order valence-electron chi connectivity index (χ0n) is 11.0. The third-order valence-electron chi connectivity index (χ3n) is 3.08. The molecule has 0 heterocycles. The molecule has 2 atom stereocenters.